The molecule has 0 radical (unpaired) electrons. The number of hydrogen-bond acceptors (Lipinski definition) is 2. The average molecular weight is 741 g/mol. The lowest BCUT2D eigenvalue weighted by molar-refractivity contribution is 0.443. The van der Waals surface area contributed by atoms with Crippen molar-refractivity contribution in [3.05, 3.63) is 168 Å². The van der Waals surface area contributed by atoms with Crippen molar-refractivity contribution >= 4 is 0 Å². The Hall–Kier alpha value is -5.60. The molecule has 0 bridgehead atoms. The van der Waals surface area contributed by atoms with E-state index < -0.39 is 0 Å². The summed E-state index contributed by atoms with van der Waals surface area (Å²) in [6.07, 6.45) is 13.3. The zero-order chi connectivity index (χ0) is 38.3. The molecule has 3 aliphatic carbocycles. The Morgan fingerprint density at radius 2 is 0.877 bits per heavy atom. The Morgan fingerprint density at radius 1 is 0.404 bits per heavy atom. The highest BCUT2D eigenvalue weighted by Crippen LogP contribution is 2.52. The van der Waals surface area contributed by atoms with Crippen molar-refractivity contribution in [2.75, 3.05) is 0 Å². The lowest BCUT2D eigenvalue weighted by Crippen LogP contribution is -2.14. The number of benzene rings is 6. The van der Waals surface area contributed by atoms with Crippen LogP contribution in [-0.4, -0.2) is 9.97 Å². The van der Waals surface area contributed by atoms with Gasteiger partial charge in [0.25, 0.3) is 0 Å². The quantitative estimate of drug-likeness (QED) is 0.163. The Labute approximate surface area is 339 Å². The van der Waals surface area contributed by atoms with Gasteiger partial charge in [0.2, 0.25) is 0 Å². The third-order valence-corrected chi connectivity index (χ3v) is 13.5. The molecule has 2 nitrogen and oxygen atoms in total. The van der Waals surface area contributed by atoms with Gasteiger partial charge in [0.05, 0.1) is 11.4 Å². The molecule has 282 valence electrons. The van der Waals surface area contributed by atoms with Gasteiger partial charge in [-0.3, -0.25) is 0 Å². The summed E-state index contributed by atoms with van der Waals surface area (Å²) in [6.45, 7) is 4.70. The third-order valence-electron chi connectivity index (χ3n) is 13.5. The van der Waals surface area contributed by atoms with Gasteiger partial charge in [-0.25, -0.2) is 9.97 Å². The molecule has 0 aliphatic heterocycles. The second kappa shape index (κ2) is 15.1. The van der Waals surface area contributed by atoms with Gasteiger partial charge in [-0.15, -0.1) is 0 Å². The highest BCUT2D eigenvalue weighted by molar-refractivity contribution is 5.93. The average Bonchev–Trinajstić information content (AvgIpc) is 3.53. The van der Waals surface area contributed by atoms with Gasteiger partial charge in [-0.2, -0.15) is 0 Å². The van der Waals surface area contributed by atoms with Gasteiger partial charge in [-0.1, -0.05) is 180 Å². The SMILES string of the molecule is CC1(C)c2ccccc2-c2c(-c3cccc(-c4cccc(-c5nc(-c6ccc(C7CCCCC7)cc6)cc(-c6ccc(C7CCCCC7)cc6)n5)c4)c3)cccc21. The predicted molar refractivity (Wildman–Crippen MR) is 238 cm³/mol. The Bertz CT molecular complexity index is 2470. The molecule has 1 aromatic heterocycles. The van der Waals surface area contributed by atoms with Crippen LogP contribution < -0.4 is 0 Å². The number of hydrogen-bond donors (Lipinski definition) is 0. The predicted octanol–water partition coefficient (Wildman–Crippen LogP) is 15.2. The first-order chi connectivity index (χ1) is 28.0. The fourth-order valence-electron chi connectivity index (χ4n) is 10.3. The molecular weight excluding hydrogens is 689 g/mol. The highest BCUT2D eigenvalue weighted by atomic mass is 14.9. The molecule has 0 atom stereocenters. The molecule has 7 aromatic rings. The lowest BCUT2D eigenvalue weighted by Gasteiger charge is -2.22. The van der Waals surface area contributed by atoms with Gasteiger partial charge in [-0.05, 0) is 111 Å². The second-order valence-electron chi connectivity index (χ2n) is 17.4. The maximum absolute atomic E-state index is 5.30. The van der Waals surface area contributed by atoms with E-state index in [2.05, 4.69) is 159 Å². The van der Waals surface area contributed by atoms with E-state index >= 15 is 0 Å². The minimum absolute atomic E-state index is 0.0316. The van der Waals surface area contributed by atoms with Crippen LogP contribution in [0.25, 0.3) is 67.3 Å². The summed E-state index contributed by atoms with van der Waals surface area (Å²) >= 11 is 0. The van der Waals surface area contributed by atoms with Crippen LogP contribution in [0.4, 0.5) is 0 Å². The summed E-state index contributed by atoms with van der Waals surface area (Å²) in [5.74, 6) is 2.12. The van der Waals surface area contributed by atoms with E-state index in [1.807, 2.05) is 0 Å². The molecule has 0 unspecified atom stereocenters. The summed E-state index contributed by atoms with van der Waals surface area (Å²) in [4.78, 5) is 10.6. The van der Waals surface area contributed by atoms with Crippen molar-refractivity contribution in [3.63, 3.8) is 0 Å². The molecule has 2 saturated carbocycles. The van der Waals surface area contributed by atoms with Gasteiger partial charge in [0.1, 0.15) is 0 Å². The molecule has 57 heavy (non-hydrogen) atoms. The molecule has 0 saturated heterocycles. The monoisotopic (exact) mass is 740 g/mol. The van der Waals surface area contributed by atoms with Crippen molar-refractivity contribution in [2.24, 2.45) is 0 Å². The maximum atomic E-state index is 5.30. The van der Waals surface area contributed by atoms with Gasteiger partial charge >= 0.3 is 0 Å². The number of rotatable bonds is 7. The van der Waals surface area contributed by atoms with Crippen LogP contribution in [-0.2, 0) is 5.41 Å². The van der Waals surface area contributed by atoms with Crippen LogP contribution in [0, 0.1) is 0 Å². The van der Waals surface area contributed by atoms with E-state index in [-0.39, 0.29) is 5.41 Å². The van der Waals surface area contributed by atoms with Crippen molar-refractivity contribution < 1.29 is 0 Å². The van der Waals surface area contributed by atoms with E-state index in [0.29, 0.717) is 11.8 Å². The van der Waals surface area contributed by atoms with Crippen molar-refractivity contribution in [1.29, 1.82) is 0 Å². The Morgan fingerprint density at radius 3 is 1.47 bits per heavy atom. The molecule has 0 spiro atoms. The van der Waals surface area contributed by atoms with Crippen molar-refractivity contribution in [1.82, 2.24) is 9.97 Å². The molecule has 0 N–H and O–H groups in total. The zero-order valence-corrected chi connectivity index (χ0v) is 33.5. The van der Waals surface area contributed by atoms with Crippen LogP contribution in [0.15, 0.2) is 146 Å². The molecule has 2 fully saturated rings. The first kappa shape index (κ1) is 35.8. The van der Waals surface area contributed by atoms with E-state index in [9.17, 15) is 0 Å². The first-order valence-corrected chi connectivity index (χ1v) is 21.5. The highest BCUT2D eigenvalue weighted by Gasteiger charge is 2.36. The lowest BCUT2D eigenvalue weighted by atomic mass is 9.82. The van der Waals surface area contributed by atoms with Gasteiger partial charge in [0, 0.05) is 22.1 Å². The molecule has 2 heteroatoms. The summed E-state index contributed by atoms with van der Waals surface area (Å²) in [5.41, 5.74) is 18.5. The fourth-order valence-corrected chi connectivity index (χ4v) is 10.3. The molecule has 10 rings (SSSR count). The standard InChI is InChI=1S/C55H52N2/c1-55(2)49-24-10-9-22-48(49)53-47(23-13-25-50(53)55)45-20-11-18-43(34-45)44-19-12-21-46(35-44)54-56-51(41-30-26-39(27-31-41)37-14-5-3-6-15-37)36-52(57-54)42-32-28-40(29-33-42)38-16-7-4-8-17-38/h9-13,18-38H,3-8,14-17H2,1-2H3. The summed E-state index contributed by atoms with van der Waals surface area (Å²) in [6, 6.07) is 54.3. The number of aromatic nitrogens is 2. The largest absolute Gasteiger partial charge is 0.228 e. The first-order valence-electron chi connectivity index (χ1n) is 21.5. The summed E-state index contributed by atoms with van der Waals surface area (Å²) < 4.78 is 0. The molecule has 1 heterocycles. The summed E-state index contributed by atoms with van der Waals surface area (Å²) in [7, 11) is 0. The Balaban J connectivity index is 1.02. The van der Waals surface area contributed by atoms with E-state index in [4.69, 9.17) is 9.97 Å². The van der Waals surface area contributed by atoms with Gasteiger partial charge < -0.3 is 0 Å². The van der Waals surface area contributed by atoms with Crippen LogP contribution >= 0.6 is 0 Å². The van der Waals surface area contributed by atoms with Crippen molar-refractivity contribution in [3.8, 4) is 67.3 Å². The second-order valence-corrected chi connectivity index (χ2v) is 17.4. The van der Waals surface area contributed by atoms with Crippen LogP contribution in [0.2, 0.25) is 0 Å². The van der Waals surface area contributed by atoms with Crippen LogP contribution in [0.3, 0.4) is 0 Å². The van der Waals surface area contributed by atoms with Crippen molar-refractivity contribution in [2.45, 2.75) is 95.3 Å². The third kappa shape index (κ3) is 6.84. The number of nitrogens with zero attached hydrogens (tertiary/aromatic N) is 2. The smallest absolute Gasteiger partial charge is 0.160 e. The fraction of sp³-hybridized carbons (Fsp3) is 0.273. The minimum Gasteiger partial charge on any atom is -0.228 e. The molecule has 0 amide bonds. The van der Waals surface area contributed by atoms with E-state index in [1.165, 1.54) is 114 Å². The molecule has 3 aliphatic rings. The number of fused-ring (bicyclic) bond motifs is 3. The van der Waals surface area contributed by atoms with E-state index in [1.54, 1.807) is 0 Å². The maximum Gasteiger partial charge on any atom is 0.160 e. The normalized spacial score (nSPS) is 16.6. The minimum atomic E-state index is -0.0316. The van der Waals surface area contributed by atoms with E-state index in [0.717, 1.165) is 39.5 Å². The topological polar surface area (TPSA) is 25.8 Å². The summed E-state index contributed by atoms with van der Waals surface area (Å²) in [5, 5.41) is 0. The molecule has 6 aromatic carbocycles. The van der Waals surface area contributed by atoms with Crippen LogP contribution in [0.1, 0.15) is 112 Å². The van der Waals surface area contributed by atoms with Crippen LogP contribution in [0.5, 0.6) is 0 Å². The Kier molecular flexibility index (Phi) is 9.45. The molecular formula is C55H52N2. The zero-order valence-electron chi connectivity index (χ0n) is 33.5. The van der Waals surface area contributed by atoms with Gasteiger partial charge in [0.15, 0.2) is 5.82 Å².